The quantitative estimate of drug-likeness (QED) is 0.552. The van der Waals surface area contributed by atoms with Gasteiger partial charge in [0.2, 0.25) is 0 Å². The maximum atomic E-state index is 13.2. The average molecular weight is 417 g/mol. The number of nitriles is 1. The Kier molecular flexibility index (Phi) is 6.93. The summed E-state index contributed by atoms with van der Waals surface area (Å²) in [7, 11) is 0. The van der Waals surface area contributed by atoms with Crippen LogP contribution in [0.25, 0.3) is 6.08 Å². The van der Waals surface area contributed by atoms with Gasteiger partial charge in [-0.15, -0.1) is 0 Å². The van der Waals surface area contributed by atoms with E-state index in [1.165, 1.54) is 18.2 Å². The summed E-state index contributed by atoms with van der Waals surface area (Å²) in [6.07, 6.45) is 1.51. The van der Waals surface area contributed by atoms with Crippen molar-refractivity contribution in [3.63, 3.8) is 0 Å². The van der Waals surface area contributed by atoms with Crippen molar-refractivity contribution in [3.8, 4) is 11.8 Å². The molecule has 134 valence electrons. The van der Waals surface area contributed by atoms with Gasteiger partial charge in [0.25, 0.3) is 5.91 Å². The van der Waals surface area contributed by atoms with Crippen molar-refractivity contribution < 1.29 is 13.9 Å². The van der Waals surface area contributed by atoms with Crippen LogP contribution in [0.1, 0.15) is 25.0 Å². The van der Waals surface area contributed by atoms with Crippen molar-refractivity contribution in [2.45, 2.75) is 26.5 Å². The third-order valence-corrected chi connectivity index (χ3v) is 3.95. The van der Waals surface area contributed by atoms with Gasteiger partial charge < -0.3 is 10.1 Å². The Morgan fingerprint density at radius 2 is 2.12 bits per heavy atom. The molecule has 0 saturated carbocycles. The van der Waals surface area contributed by atoms with Gasteiger partial charge in [-0.1, -0.05) is 18.2 Å². The van der Waals surface area contributed by atoms with E-state index in [1.54, 1.807) is 30.3 Å². The lowest BCUT2D eigenvalue weighted by Gasteiger charge is -2.10. The summed E-state index contributed by atoms with van der Waals surface area (Å²) in [5, 5.41) is 11.9. The van der Waals surface area contributed by atoms with Crippen LogP contribution in [0.3, 0.4) is 0 Å². The predicted molar refractivity (Wildman–Crippen MR) is 102 cm³/mol. The molecule has 4 nitrogen and oxygen atoms in total. The Bertz CT molecular complexity index is 872. The number of hydrogen-bond acceptors (Lipinski definition) is 3. The predicted octanol–water partition coefficient (Wildman–Crippen LogP) is 4.60. The molecule has 0 aliphatic heterocycles. The summed E-state index contributed by atoms with van der Waals surface area (Å²) < 4.78 is 19.6. The Hall–Kier alpha value is -2.65. The maximum absolute atomic E-state index is 13.2. The van der Waals surface area contributed by atoms with E-state index in [4.69, 9.17) is 4.74 Å². The highest BCUT2D eigenvalue weighted by atomic mass is 79.9. The molecule has 2 aromatic carbocycles. The van der Waals surface area contributed by atoms with Crippen molar-refractivity contribution in [1.82, 2.24) is 5.32 Å². The molecule has 1 amide bonds. The molecular weight excluding hydrogens is 399 g/mol. The van der Waals surface area contributed by atoms with Crippen LogP contribution in [0.15, 0.2) is 52.5 Å². The molecule has 0 bridgehead atoms. The van der Waals surface area contributed by atoms with E-state index in [0.717, 1.165) is 5.56 Å². The summed E-state index contributed by atoms with van der Waals surface area (Å²) in [6.45, 7) is 3.88. The van der Waals surface area contributed by atoms with Crippen LogP contribution in [0.5, 0.6) is 5.75 Å². The Morgan fingerprint density at radius 1 is 1.35 bits per heavy atom. The lowest BCUT2D eigenvalue weighted by molar-refractivity contribution is -0.117. The van der Waals surface area contributed by atoms with Gasteiger partial charge in [0.15, 0.2) is 0 Å². The van der Waals surface area contributed by atoms with E-state index in [1.807, 2.05) is 19.9 Å². The second kappa shape index (κ2) is 9.16. The number of ether oxygens (including phenoxy) is 1. The molecule has 0 aromatic heterocycles. The van der Waals surface area contributed by atoms with Crippen molar-refractivity contribution >= 4 is 27.9 Å². The Morgan fingerprint density at radius 3 is 2.73 bits per heavy atom. The van der Waals surface area contributed by atoms with Gasteiger partial charge in [-0.2, -0.15) is 5.26 Å². The zero-order chi connectivity index (χ0) is 19.1. The maximum Gasteiger partial charge on any atom is 0.262 e. The fraction of sp³-hybridized carbons (Fsp3) is 0.200. The fourth-order valence-electron chi connectivity index (χ4n) is 2.17. The van der Waals surface area contributed by atoms with Crippen LogP contribution in [0.2, 0.25) is 0 Å². The molecule has 0 aliphatic rings. The number of benzene rings is 2. The Labute approximate surface area is 160 Å². The van der Waals surface area contributed by atoms with Gasteiger partial charge >= 0.3 is 0 Å². The first kappa shape index (κ1) is 19.7. The van der Waals surface area contributed by atoms with Gasteiger partial charge in [0, 0.05) is 6.04 Å². The number of hydrogen-bond donors (Lipinski definition) is 1. The molecule has 26 heavy (non-hydrogen) atoms. The van der Waals surface area contributed by atoms with Crippen molar-refractivity contribution in [1.29, 1.82) is 5.26 Å². The number of halogens is 2. The molecule has 2 aromatic rings. The molecule has 0 saturated heterocycles. The third-order valence-electron chi connectivity index (χ3n) is 3.34. The van der Waals surface area contributed by atoms with E-state index in [-0.39, 0.29) is 24.0 Å². The van der Waals surface area contributed by atoms with Gasteiger partial charge in [-0.3, -0.25) is 4.79 Å². The smallest absolute Gasteiger partial charge is 0.262 e. The van der Waals surface area contributed by atoms with Gasteiger partial charge in [-0.25, -0.2) is 4.39 Å². The molecule has 1 N–H and O–H groups in total. The van der Waals surface area contributed by atoms with Crippen LogP contribution in [0.4, 0.5) is 4.39 Å². The second-order valence-corrected chi connectivity index (χ2v) is 6.76. The minimum Gasteiger partial charge on any atom is -0.488 e. The lowest BCUT2D eigenvalue weighted by atomic mass is 10.1. The standard InChI is InChI=1S/C20H18BrFN2O2/c1-13(2)24-20(25)16(11-23)8-14-6-7-19(18(21)10-14)26-12-15-4-3-5-17(22)9-15/h3-10,13H,12H2,1-2H3,(H,24,25)/b16-8-. The van der Waals surface area contributed by atoms with Crippen LogP contribution in [-0.2, 0) is 11.4 Å². The summed E-state index contributed by atoms with van der Waals surface area (Å²) in [6, 6.07) is 13.3. The SMILES string of the molecule is CC(C)NC(=O)/C(C#N)=C\c1ccc(OCc2cccc(F)c2)c(Br)c1. The first-order valence-electron chi connectivity index (χ1n) is 7.98. The molecule has 6 heteroatoms. The average Bonchev–Trinajstić information content (AvgIpc) is 2.58. The second-order valence-electron chi connectivity index (χ2n) is 5.91. The summed E-state index contributed by atoms with van der Waals surface area (Å²) in [4.78, 5) is 12.0. The van der Waals surface area contributed by atoms with E-state index < -0.39 is 5.91 Å². The fourth-order valence-corrected chi connectivity index (χ4v) is 2.68. The zero-order valence-corrected chi connectivity index (χ0v) is 16.0. The minimum absolute atomic E-state index is 0.0269. The van der Waals surface area contributed by atoms with Crippen LogP contribution in [0, 0.1) is 17.1 Å². The van der Waals surface area contributed by atoms with Gasteiger partial charge in [0.05, 0.1) is 4.47 Å². The summed E-state index contributed by atoms with van der Waals surface area (Å²) in [5.74, 6) is -0.143. The van der Waals surface area contributed by atoms with E-state index >= 15 is 0 Å². The van der Waals surface area contributed by atoms with Gasteiger partial charge in [-0.05, 0) is 71.2 Å². The van der Waals surface area contributed by atoms with E-state index in [2.05, 4.69) is 21.2 Å². The van der Waals surface area contributed by atoms with Crippen molar-refractivity contribution in [3.05, 3.63) is 69.5 Å². The van der Waals surface area contributed by atoms with Gasteiger partial charge in [0.1, 0.15) is 29.8 Å². The highest BCUT2D eigenvalue weighted by molar-refractivity contribution is 9.10. The lowest BCUT2D eigenvalue weighted by Crippen LogP contribution is -2.30. The molecule has 0 radical (unpaired) electrons. The highest BCUT2D eigenvalue weighted by Crippen LogP contribution is 2.27. The molecule has 0 spiro atoms. The zero-order valence-electron chi connectivity index (χ0n) is 14.4. The third kappa shape index (κ3) is 5.71. The number of rotatable bonds is 6. The number of amides is 1. The summed E-state index contributed by atoms with van der Waals surface area (Å²) >= 11 is 3.41. The molecular formula is C20H18BrFN2O2. The number of nitrogens with zero attached hydrogens (tertiary/aromatic N) is 1. The number of carbonyl (C=O) groups is 1. The summed E-state index contributed by atoms with van der Waals surface area (Å²) in [5.41, 5.74) is 1.43. The number of carbonyl (C=O) groups excluding carboxylic acids is 1. The molecule has 0 fully saturated rings. The topological polar surface area (TPSA) is 62.1 Å². The molecule has 2 rings (SSSR count). The van der Waals surface area contributed by atoms with E-state index in [0.29, 0.717) is 15.8 Å². The van der Waals surface area contributed by atoms with Crippen molar-refractivity contribution in [2.24, 2.45) is 0 Å². The molecule has 0 atom stereocenters. The molecule has 0 heterocycles. The van der Waals surface area contributed by atoms with Crippen LogP contribution >= 0.6 is 15.9 Å². The normalized spacial score (nSPS) is 11.2. The molecule has 0 aliphatic carbocycles. The Balaban J connectivity index is 2.12. The highest BCUT2D eigenvalue weighted by Gasteiger charge is 2.11. The largest absolute Gasteiger partial charge is 0.488 e. The first-order chi connectivity index (χ1) is 12.4. The minimum atomic E-state index is -0.412. The van der Waals surface area contributed by atoms with Crippen LogP contribution in [-0.4, -0.2) is 11.9 Å². The van der Waals surface area contributed by atoms with E-state index in [9.17, 15) is 14.4 Å². The monoisotopic (exact) mass is 416 g/mol. The molecule has 0 unspecified atom stereocenters. The first-order valence-corrected chi connectivity index (χ1v) is 8.78. The number of nitrogens with one attached hydrogen (secondary N) is 1. The van der Waals surface area contributed by atoms with Crippen LogP contribution < -0.4 is 10.1 Å². The van der Waals surface area contributed by atoms with Crippen molar-refractivity contribution in [2.75, 3.05) is 0 Å².